The van der Waals surface area contributed by atoms with Crippen LogP contribution in [-0.2, 0) is 6.54 Å². The number of anilines is 1. The number of aromatic nitrogens is 2. The summed E-state index contributed by atoms with van der Waals surface area (Å²) in [6, 6.07) is 16.4. The third kappa shape index (κ3) is 3.42. The van der Waals surface area contributed by atoms with E-state index in [2.05, 4.69) is 72.3 Å². The summed E-state index contributed by atoms with van der Waals surface area (Å²) in [5.41, 5.74) is 4.58. The van der Waals surface area contributed by atoms with Crippen molar-refractivity contribution in [2.45, 2.75) is 27.3 Å². The lowest BCUT2D eigenvalue weighted by atomic mass is 10.1. The van der Waals surface area contributed by atoms with Crippen molar-refractivity contribution in [3.63, 3.8) is 0 Å². The number of rotatable bonds is 5. The van der Waals surface area contributed by atoms with Crippen LogP contribution in [0.3, 0.4) is 0 Å². The average molecular weight is 307 g/mol. The van der Waals surface area contributed by atoms with Crippen molar-refractivity contribution >= 4 is 5.69 Å². The van der Waals surface area contributed by atoms with E-state index >= 15 is 0 Å². The molecule has 23 heavy (non-hydrogen) atoms. The maximum absolute atomic E-state index is 5.85. The fourth-order valence-electron chi connectivity index (χ4n) is 2.66. The highest BCUT2D eigenvalue weighted by Crippen LogP contribution is 2.23. The second kappa shape index (κ2) is 6.65. The van der Waals surface area contributed by atoms with Gasteiger partial charge < -0.3 is 9.32 Å². The molecule has 1 heterocycles. The average Bonchev–Trinajstić information content (AvgIpc) is 3.02. The zero-order valence-electron chi connectivity index (χ0n) is 13.8. The van der Waals surface area contributed by atoms with Gasteiger partial charge in [-0.1, -0.05) is 35.9 Å². The molecule has 0 unspecified atom stereocenters. The van der Waals surface area contributed by atoms with E-state index in [1.165, 1.54) is 16.8 Å². The first kappa shape index (κ1) is 15.3. The van der Waals surface area contributed by atoms with E-state index in [4.69, 9.17) is 4.42 Å². The number of hydrogen-bond donors (Lipinski definition) is 0. The van der Waals surface area contributed by atoms with Gasteiger partial charge in [-0.05, 0) is 44.5 Å². The SMILES string of the molecule is CCN(Cc1nnc(-c2cccc(C)c2)o1)c1ccccc1C. The smallest absolute Gasteiger partial charge is 0.247 e. The summed E-state index contributed by atoms with van der Waals surface area (Å²) in [5, 5.41) is 8.39. The van der Waals surface area contributed by atoms with Crippen molar-refractivity contribution in [1.29, 1.82) is 0 Å². The van der Waals surface area contributed by atoms with Crippen molar-refractivity contribution in [3.05, 3.63) is 65.5 Å². The maximum Gasteiger partial charge on any atom is 0.247 e. The highest BCUT2D eigenvalue weighted by molar-refractivity contribution is 5.54. The summed E-state index contributed by atoms with van der Waals surface area (Å²) in [4.78, 5) is 2.24. The van der Waals surface area contributed by atoms with E-state index in [0.717, 1.165) is 12.1 Å². The van der Waals surface area contributed by atoms with Gasteiger partial charge in [0.15, 0.2) is 0 Å². The third-order valence-corrected chi connectivity index (χ3v) is 3.90. The van der Waals surface area contributed by atoms with Gasteiger partial charge in [0.05, 0.1) is 6.54 Å². The molecule has 0 fully saturated rings. The number of nitrogens with zero attached hydrogens (tertiary/aromatic N) is 3. The van der Waals surface area contributed by atoms with E-state index in [0.29, 0.717) is 18.3 Å². The zero-order valence-corrected chi connectivity index (χ0v) is 13.8. The van der Waals surface area contributed by atoms with Crippen molar-refractivity contribution in [3.8, 4) is 11.5 Å². The molecule has 0 N–H and O–H groups in total. The number of hydrogen-bond acceptors (Lipinski definition) is 4. The molecule has 4 nitrogen and oxygen atoms in total. The molecule has 0 amide bonds. The lowest BCUT2D eigenvalue weighted by molar-refractivity contribution is 0.499. The molecular formula is C19H21N3O. The molecule has 0 atom stereocenters. The molecule has 0 aliphatic heterocycles. The molecule has 1 aromatic heterocycles. The second-order valence-corrected chi connectivity index (χ2v) is 5.67. The standard InChI is InChI=1S/C19H21N3O/c1-4-22(17-11-6-5-9-15(17)3)13-18-20-21-19(23-18)16-10-7-8-14(2)12-16/h5-12H,4,13H2,1-3H3. The number of para-hydroxylation sites is 1. The van der Waals surface area contributed by atoms with Gasteiger partial charge in [0.1, 0.15) is 0 Å². The Balaban J connectivity index is 1.82. The van der Waals surface area contributed by atoms with E-state index in [9.17, 15) is 0 Å². The van der Waals surface area contributed by atoms with Crippen LogP contribution >= 0.6 is 0 Å². The normalized spacial score (nSPS) is 10.7. The molecule has 0 spiro atoms. The van der Waals surface area contributed by atoms with Gasteiger partial charge in [-0.3, -0.25) is 0 Å². The summed E-state index contributed by atoms with van der Waals surface area (Å²) < 4.78 is 5.85. The number of benzene rings is 2. The molecule has 0 radical (unpaired) electrons. The molecule has 0 saturated heterocycles. The van der Waals surface area contributed by atoms with Crippen molar-refractivity contribution < 1.29 is 4.42 Å². The Kier molecular flexibility index (Phi) is 4.42. The monoisotopic (exact) mass is 307 g/mol. The molecule has 3 rings (SSSR count). The van der Waals surface area contributed by atoms with E-state index in [1.807, 2.05) is 12.1 Å². The van der Waals surface area contributed by atoms with Crippen LogP contribution in [-0.4, -0.2) is 16.7 Å². The quantitative estimate of drug-likeness (QED) is 0.701. The molecule has 0 aliphatic rings. The minimum atomic E-state index is 0.574. The predicted molar refractivity (Wildman–Crippen MR) is 92.4 cm³/mol. The molecule has 0 saturated carbocycles. The van der Waals surface area contributed by atoms with Crippen molar-refractivity contribution in [2.24, 2.45) is 0 Å². The second-order valence-electron chi connectivity index (χ2n) is 5.67. The Morgan fingerprint density at radius 2 is 1.83 bits per heavy atom. The van der Waals surface area contributed by atoms with Gasteiger partial charge >= 0.3 is 0 Å². The lowest BCUT2D eigenvalue weighted by Crippen LogP contribution is -2.23. The predicted octanol–water partition coefficient (Wildman–Crippen LogP) is 4.38. The summed E-state index contributed by atoms with van der Waals surface area (Å²) >= 11 is 0. The summed E-state index contributed by atoms with van der Waals surface area (Å²) in [7, 11) is 0. The van der Waals surface area contributed by atoms with Gasteiger partial charge in [-0.2, -0.15) is 0 Å². The Labute approximate surface area is 136 Å². The Morgan fingerprint density at radius 3 is 2.57 bits per heavy atom. The fourth-order valence-corrected chi connectivity index (χ4v) is 2.66. The van der Waals surface area contributed by atoms with Crippen molar-refractivity contribution in [2.75, 3.05) is 11.4 Å². The molecule has 0 aliphatic carbocycles. The summed E-state index contributed by atoms with van der Waals surface area (Å²) in [5.74, 6) is 1.20. The third-order valence-electron chi connectivity index (χ3n) is 3.90. The largest absolute Gasteiger partial charge is 0.419 e. The molecule has 118 valence electrons. The van der Waals surface area contributed by atoms with Crippen LogP contribution in [0.4, 0.5) is 5.69 Å². The van der Waals surface area contributed by atoms with E-state index in [1.54, 1.807) is 0 Å². The van der Waals surface area contributed by atoms with Crippen LogP contribution in [0, 0.1) is 13.8 Å². The maximum atomic E-state index is 5.85. The van der Waals surface area contributed by atoms with Crippen LogP contribution in [0.1, 0.15) is 23.9 Å². The Hall–Kier alpha value is -2.62. The summed E-state index contributed by atoms with van der Waals surface area (Å²) in [6.07, 6.45) is 0. The fraction of sp³-hybridized carbons (Fsp3) is 0.263. The lowest BCUT2D eigenvalue weighted by Gasteiger charge is -2.23. The van der Waals surface area contributed by atoms with Crippen LogP contribution in [0.2, 0.25) is 0 Å². The highest BCUT2D eigenvalue weighted by atomic mass is 16.4. The Morgan fingerprint density at radius 1 is 1.00 bits per heavy atom. The van der Waals surface area contributed by atoms with Gasteiger partial charge in [0.25, 0.3) is 0 Å². The molecular weight excluding hydrogens is 286 g/mol. The topological polar surface area (TPSA) is 42.2 Å². The van der Waals surface area contributed by atoms with E-state index in [-0.39, 0.29) is 0 Å². The number of aryl methyl sites for hydroxylation is 2. The van der Waals surface area contributed by atoms with Crippen LogP contribution in [0.25, 0.3) is 11.5 Å². The zero-order chi connectivity index (χ0) is 16.2. The first-order valence-electron chi connectivity index (χ1n) is 7.87. The first-order chi connectivity index (χ1) is 11.2. The first-order valence-corrected chi connectivity index (χ1v) is 7.87. The minimum absolute atomic E-state index is 0.574. The molecule has 2 aromatic carbocycles. The van der Waals surface area contributed by atoms with Gasteiger partial charge in [-0.25, -0.2) is 0 Å². The van der Waals surface area contributed by atoms with Gasteiger partial charge in [0, 0.05) is 17.8 Å². The molecule has 3 aromatic rings. The van der Waals surface area contributed by atoms with Gasteiger partial charge in [-0.15, -0.1) is 10.2 Å². The highest BCUT2D eigenvalue weighted by Gasteiger charge is 2.13. The van der Waals surface area contributed by atoms with Gasteiger partial charge in [0.2, 0.25) is 11.8 Å². The van der Waals surface area contributed by atoms with Crippen molar-refractivity contribution in [1.82, 2.24) is 10.2 Å². The van der Waals surface area contributed by atoms with Crippen LogP contribution in [0.5, 0.6) is 0 Å². The van der Waals surface area contributed by atoms with Crippen LogP contribution in [0.15, 0.2) is 52.9 Å². The minimum Gasteiger partial charge on any atom is -0.419 e. The Bertz CT molecular complexity index is 795. The summed E-state index contributed by atoms with van der Waals surface area (Å²) in [6.45, 7) is 7.79. The van der Waals surface area contributed by atoms with Crippen LogP contribution < -0.4 is 4.90 Å². The molecule has 4 heteroatoms. The van der Waals surface area contributed by atoms with E-state index < -0.39 is 0 Å². The molecule has 0 bridgehead atoms.